The van der Waals surface area contributed by atoms with Crippen molar-refractivity contribution < 1.29 is 23.0 Å². The summed E-state index contributed by atoms with van der Waals surface area (Å²) in [5, 5.41) is 2.74. The van der Waals surface area contributed by atoms with Gasteiger partial charge in [-0.05, 0) is 71.8 Å². The summed E-state index contributed by atoms with van der Waals surface area (Å²) < 4.78 is 38.4. The van der Waals surface area contributed by atoms with Gasteiger partial charge in [0.05, 0.1) is 6.20 Å². The van der Waals surface area contributed by atoms with Crippen molar-refractivity contribution in [2.24, 2.45) is 0 Å². The van der Waals surface area contributed by atoms with Gasteiger partial charge in [0.25, 0.3) is 0 Å². The van der Waals surface area contributed by atoms with Crippen LogP contribution < -0.4 is 14.8 Å². The SMILES string of the molecule is O=C(/C=C/c1ccc(Oc2cccnc2)c(F)c1)NCc1ccnc(Oc2ccc(F)cc2)c1. The molecule has 0 spiro atoms. The van der Waals surface area contributed by atoms with Gasteiger partial charge in [-0.3, -0.25) is 9.78 Å². The Morgan fingerprint density at radius 3 is 2.56 bits per heavy atom. The van der Waals surface area contributed by atoms with Crippen LogP contribution in [0, 0.1) is 11.6 Å². The average Bonchev–Trinajstić information content (AvgIpc) is 2.85. The van der Waals surface area contributed by atoms with Crippen LogP contribution in [0.1, 0.15) is 11.1 Å². The normalized spacial score (nSPS) is 10.8. The van der Waals surface area contributed by atoms with Crippen LogP contribution in [-0.2, 0) is 11.3 Å². The second kappa shape index (κ2) is 10.8. The molecule has 6 nitrogen and oxygen atoms in total. The fourth-order valence-electron chi connectivity index (χ4n) is 2.90. The highest BCUT2D eigenvalue weighted by molar-refractivity contribution is 5.91. The minimum atomic E-state index is -0.558. The number of rotatable bonds is 8. The molecule has 1 N–H and O–H groups in total. The summed E-state index contributed by atoms with van der Waals surface area (Å²) in [4.78, 5) is 20.2. The average molecular weight is 459 g/mol. The first-order chi connectivity index (χ1) is 16.5. The molecule has 0 bridgehead atoms. The highest BCUT2D eigenvalue weighted by Crippen LogP contribution is 2.25. The fourth-order valence-corrected chi connectivity index (χ4v) is 2.90. The minimum absolute atomic E-state index is 0.0611. The Hall–Kier alpha value is -4.59. The van der Waals surface area contributed by atoms with Crippen molar-refractivity contribution in [3.63, 3.8) is 0 Å². The van der Waals surface area contributed by atoms with E-state index in [2.05, 4.69) is 15.3 Å². The lowest BCUT2D eigenvalue weighted by Crippen LogP contribution is -2.20. The largest absolute Gasteiger partial charge is 0.453 e. The summed E-state index contributed by atoms with van der Waals surface area (Å²) in [6.45, 7) is 0.234. The number of hydrogen-bond acceptors (Lipinski definition) is 5. The van der Waals surface area contributed by atoms with Gasteiger partial charge in [-0.2, -0.15) is 0 Å². The molecule has 2 aromatic heterocycles. The molecular weight excluding hydrogens is 440 g/mol. The van der Waals surface area contributed by atoms with Gasteiger partial charge in [0.15, 0.2) is 11.6 Å². The number of carbonyl (C=O) groups is 1. The van der Waals surface area contributed by atoms with E-state index in [9.17, 15) is 13.6 Å². The zero-order valence-corrected chi connectivity index (χ0v) is 17.8. The van der Waals surface area contributed by atoms with E-state index < -0.39 is 5.82 Å². The predicted octanol–water partition coefficient (Wildman–Crippen LogP) is 5.67. The molecule has 0 radical (unpaired) electrons. The van der Waals surface area contributed by atoms with Crippen molar-refractivity contribution >= 4 is 12.0 Å². The molecule has 8 heteroatoms. The van der Waals surface area contributed by atoms with E-state index in [0.717, 1.165) is 5.56 Å². The smallest absolute Gasteiger partial charge is 0.244 e. The molecule has 0 saturated heterocycles. The van der Waals surface area contributed by atoms with Crippen LogP contribution >= 0.6 is 0 Å². The number of aromatic nitrogens is 2. The number of hydrogen-bond donors (Lipinski definition) is 1. The highest BCUT2D eigenvalue weighted by atomic mass is 19.1. The Morgan fingerprint density at radius 2 is 1.79 bits per heavy atom. The lowest BCUT2D eigenvalue weighted by molar-refractivity contribution is -0.116. The Bertz CT molecular complexity index is 1300. The third kappa shape index (κ3) is 6.46. The van der Waals surface area contributed by atoms with Crippen LogP contribution in [0.3, 0.4) is 0 Å². The van der Waals surface area contributed by atoms with Crippen molar-refractivity contribution in [2.75, 3.05) is 0 Å². The molecular formula is C26H19F2N3O3. The molecule has 34 heavy (non-hydrogen) atoms. The molecule has 0 saturated carbocycles. The molecule has 0 aliphatic rings. The second-order valence-corrected chi connectivity index (χ2v) is 7.09. The minimum Gasteiger partial charge on any atom is -0.453 e. The van der Waals surface area contributed by atoms with Gasteiger partial charge < -0.3 is 14.8 Å². The number of benzene rings is 2. The van der Waals surface area contributed by atoms with Crippen molar-refractivity contribution in [2.45, 2.75) is 6.54 Å². The van der Waals surface area contributed by atoms with Crippen molar-refractivity contribution in [3.05, 3.63) is 114 Å². The summed E-state index contributed by atoms with van der Waals surface area (Å²) in [6.07, 6.45) is 7.44. The lowest BCUT2D eigenvalue weighted by Gasteiger charge is -2.07. The van der Waals surface area contributed by atoms with E-state index in [-0.39, 0.29) is 24.0 Å². The molecule has 2 aromatic carbocycles. The van der Waals surface area contributed by atoms with Crippen LogP contribution in [0.4, 0.5) is 8.78 Å². The first kappa shape index (κ1) is 22.6. The molecule has 170 valence electrons. The fraction of sp³-hybridized carbons (Fsp3) is 0.0385. The van der Waals surface area contributed by atoms with E-state index >= 15 is 0 Å². The number of nitrogens with zero attached hydrogens (tertiary/aromatic N) is 2. The van der Waals surface area contributed by atoms with E-state index in [1.54, 1.807) is 42.7 Å². The van der Waals surface area contributed by atoms with Gasteiger partial charge >= 0.3 is 0 Å². The Balaban J connectivity index is 1.31. The maximum atomic E-state index is 14.3. The van der Waals surface area contributed by atoms with Crippen molar-refractivity contribution in [3.8, 4) is 23.1 Å². The maximum Gasteiger partial charge on any atom is 0.244 e. The van der Waals surface area contributed by atoms with E-state index in [4.69, 9.17) is 9.47 Å². The Labute approximate surface area is 194 Å². The molecule has 0 fully saturated rings. The standard InChI is InChI=1S/C26H19F2N3O3/c27-20-5-7-21(8-6-20)34-26-15-19(11-13-30-26)16-31-25(32)10-4-18-3-9-24(23(28)14-18)33-22-2-1-12-29-17-22/h1-15,17H,16H2,(H,31,32)/b10-4+. The van der Waals surface area contributed by atoms with Crippen LogP contribution in [0.15, 0.2) is 91.4 Å². The molecule has 0 aliphatic heterocycles. The van der Waals surface area contributed by atoms with Crippen molar-refractivity contribution in [1.29, 1.82) is 0 Å². The number of halogens is 2. The van der Waals surface area contributed by atoms with E-state index in [0.29, 0.717) is 22.9 Å². The molecule has 2 heterocycles. The van der Waals surface area contributed by atoms with E-state index in [1.165, 1.54) is 54.7 Å². The summed E-state index contributed by atoms with van der Waals surface area (Å²) in [5.74, 6) is -0.0233. The van der Waals surface area contributed by atoms with Gasteiger partial charge in [-0.15, -0.1) is 0 Å². The third-order valence-electron chi connectivity index (χ3n) is 4.55. The molecule has 0 aliphatic carbocycles. The summed E-state index contributed by atoms with van der Waals surface area (Å²) in [6, 6.07) is 16.7. The quantitative estimate of drug-likeness (QED) is 0.344. The molecule has 4 aromatic rings. The topological polar surface area (TPSA) is 73.3 Å². The number of ether oxygens (including phenoxy) is 2. The van der Waals surface area contributed by atoms with Crippen LogP contribution in [0.5, 0.6) is 23.1 Å². The Kier molecular flexibility index (Phi) is 7.19. The summed E-state index contributed by atoms with van der Waals surface area (Å²) in [5.41, 5.74) is 1.27. The zero-order chi connectivity index (χ0) is 23.8. The lowest BCUT2D eigenvalue weighted by atomic mass is 10.2. The molecule has 4 rings (SSSR count). The van der Waals surface area contributed by atoms with Gasteiger partial charge in [-0.25, -0.2) is 13.8 Å². The molecule has 0 atom stereocenters. The summed E-state index contributed by atoms with van der Waals surface area (Å²) >= 11 is 0. The first-order valence-electron chi connectivity index (χ1n) is 10.3. The second-order valence-electron chi connectivity index (χ2n) is 7.09. The number of carbonyl (C=O) groups excluding carboxylic acids is 1. The van der Waals surface area contributed by atoms with Gasteiger partial charge in [-0.1, -0.05) is 6.07 Å². The predicted molar refractivity (Wildman–Crippen MR) is 122 cm³/mol. The summed E-state index contributed by atoms with van der Waals surface area (Å²) in [7, 11) is 0. The first-order valence-corrected chi connectivity index (χ1v) is 10.3. The van der Waals surface area contributed by atoms with E-state index in [1.807, 2.05) is 0 Å². The monoisotopic (exact) mass is 459 g/mol. The zero-order valence-electron chi connectivity index (χ0n) is 17.8. The van der Waals surface area contributed by atoms with Gasteiger partial charge in [0.2, 0.25) is 11.8 Å². The number of pyridine rings is 2. The highest BCUT2D eigenvalue weighted by Gasteiger charge is 2.06. The van der Waals surface area contributed by atoms with Gasteiger partial charge in [0.1, 0.15) is 17.3 Å². The van der Waals surface area contributed by atoms with Crippen LogP contribution in [0.25, 0.3) is 6.08 Å². The molecule has 0 unspecified atom stereocenters. The van der Waals surface area contributed by atoms with Crippen LogP contribution in [-0.4, -0.2) is 15.9 Å². The van der Waals surface area contributed by atoms with Crippen LogP contribution in [0.2, 0.25) is 0 Å². The maximum absolute atomic E-state index is 14.3. The van der Waals surface area contributed by atoms with Crippen molar-refractivity contribution in [1.82, 2.24) is 15.3 Å². The third-order valence-corrected chi connectivity index (χ3v) is 4.55. The Morgan fingerprint density at radius 1 is 0.941 bits per heavy atom. The number of amides is 1. The molecule has 1 amide bonds. The number of nitrogens with one attached hydrogen (secondary N) is 1. The van der Waals surface area contributed by atoms with Gasteiger partial charge in [0, 0.05) is 31.1 Å².